The maximum Gasteiger partial charge on any atom is 0.316 e. The molecule has 0 saturated carbocycles. The monoisotopic (exact) mass is 280 g/mol. The summed E-state index contributed by atoms with van der Waals surface area (Å²) >= 11 is 1.50. The van der Waals surface area contributed by atoms with Gasteiger partial charge in [-0.25, -0.2) is 0 Å². The Morgan fingerprint density at radius 2 is 1.74 bits per heavy atom. The fourth-order valence-electron chi connectivity index (χ4n) is 1.84. The summed E-state index contributed by atoms with van der Waals surface area (Å²) < 4.78 is 0. The van der Waals surface area contributed by atoms with Crippen molar-refractivity contribution in [2.75, 3.05) is 0 Å². The Balaban J connectivity index is 2.66. The predicted octanol–water partition coefficient (Wildman–Crippen LogP) is 4.33. The molecule has 0 amide bonds. The number of thioether (sulfide) groups is 1. The Bertz CT molecular complexity index is 415. The van der Waals surface area contributed by atoms with E-state index < -0.39 is 5.97 Å². The summed E-state index contributed by atoms with van der Waals surface area (Å²) in [6.45, 7) is 10.5. The van der Waals surface area contributed by atoms with Crippen molar-refractivity contribution in [1.29, 1.82) is 0 Å². The topological polar surface area (TPSA) is 37.3 Å². The predicted molar refractivity (Wildman–Crippen MR) is 82.7 cm³/mol. The van der Waals surface area contributed by atoms with Crippen LogP contribution in [0.1, 0.15) is 45.7 Å². The molecule has 0 spiro atoms. The lowest BCUT2D eigenvalue weighted by molar-refractivity contribution is -0.137. The van der Waals surface area contributed by atoms with Crippen LogP contribution < -0.4 is 0 Å². The van der Waals surface area contributed by atoms with E-state index in [1.165, 1.54) is 22.9 Å². The van der Waals surface area contributed by atoms with Gasteiger partial charge in [0.1, 0.15) is 5.25 Å². The fourth-order valence-corrected chi connectivity index (χ4v) is 2.93. The molecule has 19 heavy (non-hydrogen) atoms. The van der Waals surface area contributed by atoms with Gasteiger partial charge in [0.15, 0.2) is 0 Å². The van der Waals surface area contributed by atoms with Crippen molar-refractivity contribution in [2.45, 2.75) is 51.0 Å². The van der Waals surface area contributed by atoms with E-state index >= 15 is 0 Å². The van der Waals surface area contributed by atoms with Gasteiger partial charge in [0.25, 0.3) is 0 Å². The lowest BCUT2D eigenvalue weighted by atomic mass is 9.87. The lowest BCUT2D eigenvalue weighted by Gasteiger charge is -2.19. The van der Waals surface area contributed by atoms with Gasteiger partial charge in [-0.2, -0.15) is 0 Å². The highest BCUT2D eigenvalue weighted by atomic mass is 32.2. The molecule has 0 bridgehead atoms. The van der Waals surface area contributed by atoms with Gasteiger partial charge in [-0.05, 0) is 22.5 Å². The zero-order chi connectivity index (χ0) is 14.6. The number of rotatable bonds is 5. The first kappa shape index (κ1) is 16.1. The third kappa shape index (κ3) is 4.90. The van der Waals surface area contributed by atoms with Crippen LogP contribution in [0.5, 0.6) is 0 Å². The standard InChI is InChI=1S/C16H24O2S/c1-11(2)14(15(17)18)19-10-12-6-8-13(9-7-12)16(3,4)5/h6-9,11,14H,10H2,1-5H3,(H,17,18). The van der Waals surface area contributed by atoms with Crippen molar-refractivity contribution in [3.63, 3.8) is 0 Å². The van der Waals surface area contributed by atoms with Crippen LogP contribution in [-0.4, -0.2) is 16.3 Å². The van der Waals surface area contributed by atoms with E-state index in [1.807, 2.05) is 13.8 Å². The molecule has 0 heterocycles. The van der Waals surface area contributed by atoms with Gasteiger partial charge in [0.05, 0.1) is 0 Å². The molecule has 0 aliphatic heterocycles. The van der Waals surface area contributed by atoms with Crippen molar-refractivity contribution in [1.82, 2.24) is 0 Å². The molecule has 106 valence electrons. The highest BCUT2D eigenvalue weighted by Crippen LogP contribution is 2.26. The average molecular weight is 280 g/mol. The molecular formula is C16H24O2S. The molecule has 0 aliphatic rings. The maximum atomic E-state index is 11.1. The number of hydrogen-bond acceptors (Lipinski definition) is 2. The molecule has 3 heteroatoms. The number of carbonyl (C=O) groups is 1. The van der Waals surface area contributed by atoms with E-state index in [1.54, 1.807) is 0 Å². The number of aliphatic carboxylic acids is 1. The second-order valence-electron chi connectivity index (χ2n) is 6.26. The Kier molecular flexibility index (Phi) is 5.48. The largest absolute Gasteiger partial charge is 0.480 e. The molecule has 1 unspecified atom stereocenters. The van der Waals surface area contributed by atoms with Gasteiger partial charge in [0.2, 0.25) is 0 Å². The zero-order valence-electron chi connectivity index (χ0n) is 12.4. The Morgan fingerprint density at radius 3 is 2.11 bits per heavy atom. The molecule has 1 atom stereocenters. The van der Waals surface area contributed by atoms with Crippen LogP contribution in [0.2, 0.25) is 0 Å². The molecule has 0 aromatic heterocycles. The summed E-state index contributed by atoms with van der Waals surface area (Å²) in [4.78, 5) is 11.1. The van der Waals surface area contributed by atoms with Crippen LogP contribution in [0.4, 0.5) is 0 Å². The maximum absolute atomic E-state index is 11.1. The average Bonchev–Trinajstić information content (AvgIpc) is 2.27. The number of hydrogen-bond donors (Lipinski definition) is 1. The smallest absolute Gasteiger partial charge is 0.316 e. The van der Waals surface area contributed by atoms with E-state index in [4.69, 9.17) is 5.11 Å². The molecule has 2 nitrogen and oxygen atoms in total. The summed E-state index contributed by atoms with van der Waals surface area (Å²) in [5.41, 5.74) is 2.65. The molecule has 1 aromatic rings. The minimum absolute atomic E-state index is 0.149. The first-order valence-corrected chi connectivity index (χ1v) is 7.70. The molecule has 1 aromatic carbocycles. The normalized spacial score (nSPS) is 13.6. The van der Waals surface area contributed by atoms with Crippen LogP contribution in [0, 0.1) is 5.92 Å². The van der Waals surface area contributed by atoms with Crippen molar-refractivity contribution < 1.29 is 9.90 Å². The number of carboxylic acid groups (broad SMARTS) is 1. The minimum atomic E-state index is -0.716. The first-order chi connectivity index (χ1) is 8.71. The van der Waals surface area contributed by atoms with E-state index in [0.29, 0.717) is 0 Å². The second kappa shape index (κ2) is 6.47. The fraction of sp³-hybridized carbons (Fsp3) is 0.562. The number of carboxylic acids is 1. The Labute approximate surface area is 120 Å². The van der Waals surface area contributed by atoms with Gasteiger partial charge in [-0.3, -0.25) is 4.79 Å². The summed E-state index contributed by atoms with van der Waals surface area (Å²) in [5.74, 6) is 0.183. The van der Waals surface area contributed by atoms with Crippen LogP contribution in [-0.2, 0) is 16.0 Å². The third-order valence-electron chi connectivity index (χ3n) is 3.10. The van der Waals surface area contributed by atoms with Gasteiger partial charge >= 0.3 is 5.97 Å². The van der Waals surface area contributed by atoms with E-state index in [0.717, 1.165) is 5.75 Å². The molecule has 0 radical (unpaired) electrons. The molecule has 0 saturated heterocycles. The van der Waals surface area contributed by atoms with E-state index in [-0.39, 0.29) is 16.6 Å². The first-order valence-electron chi connectivity index (χ1n) is 6.65. The molecule has 0 aliphatic carbocycles. The van der Waals surface area contributed by atoms with Crippen molar-refractivity contribution in [2.24, 2.45) is 5.92 Å². The summed E-state index contributed by atoms with van der Waals surface area (Å²) in [7, 11) is 0. The minimum Gasteiger partial charge on any atom is -0.480 e. The number of benzene rings is 1. The molecule has 0 fully saturated rings. The van der Waals surface area contributed by atoms with Crippen molar-refractivity contribution >= 4 is 17.7 Å². The molecule has 1 rings (SSSR count). The summed E-state index contributed by atoms with van der Waals surface area (Å²) in [6, 6.07) is 8.49. The van der Waals surface area contributed by atoms with E-state index in [2.05, 4.69) is 45.0 Å². The lowest BCUT2D eigenvalue weighted by Crippen LogP contribution is -2.22. The SMILES string of the molecule is CC(C)C(SCc1ccc(C(C)(C)C)cc1)C(=O)O. The highest BCUT2D eigenvalue weighted by molar-refractivity contribution is 7.99. The van der Waals surface area contributed by atoms with Gasteiger partial charge in [-0.15, -0.1) is 11.8 Å². The van der Waals surface area contributed by atoms with Crippen molar-refractivity contribution in [3.8, 4) is 0 Å². The highest BCUT2D eigenvalue weighted by Gasteiger charge is 2.21. The third-order valence-corrected chi connectivity index (χ3v) is 4.70. The van der Waals surface area contributed by atoms with Crippen LogP contribution in [0.3, 0.4) is 0 Å². The van der Waals surface area contributed by atoms with Crippen molar-refractivity contribution in [3.05, 3.63) is 35.4 Å². The zero-order valence-corrected chi connectivity index (χ0v) is 13.3. The van der Waals surface area contributed by atoms with Gasteiger partial charge < -0.3 is 5.11 Å². The Morgan fingerprint density at radius 1 is 1.21 bits per heavy atom. The van der Waals surface area contributed by atoms with E-state index in [9.17, 15) is 4.79 Å². The second-order valence-corrected chi connectivity index (χ2v) is 7.39. The summed E-state index contributed by atoms with van der Waals surface area (Å²) in [6.07, 6.45) is 0. The molecular weight excluding hydrogens is 256 g/mol. The summed E-state index contributed by atoms with van der Waals surface area (Å²) in [5, 5.41) is 8.82. The van der Waals surface area contributed by atoms with Crippen LogP contribution >= 0.6 is 11.8 Å². The Hall–Kier alpha value is -0.960. The van der Waals surface area contributed by atoms with Gasteiger partial charge in [0, 0.05) is 5.75 Å². The quantitative estimate of drug-likeness (QED) is 0.872. The van der Waals surface area contributed by atoms with Gasteiger partial charge in [-0.1, -0.05) is 58.9 Å². The van der Waals surface area contributed by atoms with Crippen LogP contribution in [0.25, 0.3) is 0 Å². The van der Waals surface area contributed by atoms with Crippen LogP contribution in [0.15, 0.2) is 24.3 Å². The molecule has 1 N–H and O–H groups in total.